The van der Waals surface area contributed by atoms with Crippen molar-refractivity contribution >= 4 is 5.84 Å². The number of ether oxygens (including phenoxy) is 1. The Morgan fingerprint density at radius 1 is 1.25 bits per heavy atom. The standard InChI is InChI=1S/C20H25F3N4O/c1-19(2,28-12-14-3-5-16(6-4-14)20(21,22)23)18(25-13-24)26-17-11-27-9-7-15(17)8-10-27/h3-6,15,17H,7-12H2,1-2H3,(H,25,26). The van der Waals surface area contributed by atoms with Gasteiger partial charge in [0.05, 0.1) is 12.2 Å². The number of fused-ring (bicyclic) bond motifs is 3. The van der Waals surface area contributed by atoms with Crippen LogP contribution in [0.4, 0.5) is 13.2 Å². The van der Waals surface area contributed by atoms with E-state index < -0.39 is 17.3 Å². The molecule has 3 fully saturated rings. The lowest BCUT2D eigenvalue weighted by Gasteiger charge is -2.46. The van der Waals surface area contributed by atoms with Crippen LogP contribution in [0.1, 0.15) is 37.8 Å². The normalized spacial score (nSPS) is 25.4. The van der Waals surface area contributed by atoms with Crippen molar-refractivity contribution in [2.45, 2.75) is 51.1 Å². The molecule has 1 aromatic rings. The average Bonchev–Trinajstić information content (AvgIpc) is 2.67. The Balaban J connectivity index is 1.64. The van der Waals surface area contributed by atoms with Gasteiger partial charge in [0.2, 0.25) is 6.19 Å². The van der Waals surface area contributed by atoms with E-state index in [-0.39, 0.29) is 12.6 Å². The molecule has 1 atom stereocenters. The minimum absolute atomic E-state index is 0.123. The van der Waals surface area contributed by atoms with Crippen LogP contribution in [0.3, 0.4) is 0 Å². The number of alkyl halides is 3. The van der Waals surface area contributed by atoms with Gasteiger partial charge in [0.25, 0.3) is 0 Å². The summed E-state index contributed by atoms with van der Waals surface area (Å²) in [6.45, 7) is 6.88. The van der Waals surface area contributed by atoms with Gasteiger partial charge in [-0.1, -0.05) is 12.1 Å². The monoisotopic (exact) mass is 394 g/mol. The van der Waals surface area contributed by atoms with Crippen LogP contribution < -0.4 is 5.32 Å². The summed E-state index contributed by atoms with van der Waals surface area (Å²) in [6.07, 6.45) is -0.261. The van der Waals surface area contributed by atoms with Crippen molar-refractivity contribution in [1.29, 1.82) is 5.26 Å². The van der Waals surface area contributed by atoms with Crippen molar-refractivity contribution in [2.24, 2.45) is 10.9 Å². The molecule has 0 amide bonds. The zero-order chi connectivity index (χ0) is 20.4. The highest BCUT2D eigenvalue weighted by molar-refractivity contribution is 5.90. The molecule has 0 saturated carbocycles. The number of nitrogens with zero attached hydrogens (tertiary/aromatic N) is 3. The number of hydrogen-bond donors (Lipinski definition) is 1. The second kappa shape index (κ2) is 8.10. The predicted octanol–water partition coefficient (Wildman–Crippen LogP) is 3.56. The predicted molar refractivity (Wildman–Crippen MR) is 99.4 cm³/mol. The number of halogens is 3. The summed E-state index contributed by atoms with van der Waals surface area (Å²) in [5.74, 6) is 1.01. The minimum atomic E-state index is -4.36. The van der Waals surface area contributed by atoms with Crippen LogP contribution in [0.15, 0.2) is 29.3 Å². The van der Waals surface area contributed by atoms with Gasteiger partial charge in [-0.2, -0.15) is 23.4 Å². The summed E-state index contributed by atoms with van der Waals surface area (Å²) in [4.78, 5) is 6.35. The minimum Gasteiger partial charge on any atom is -0.366 e. The lowest BCUT2D eigenvalue weighted by molar-refractivity contribution is -0.137. The molecule has 0 spiro atoms. The Hall–Kier alpha value is -2.11. The maximum Gasteiger partial charge on any atom is 0.416 e. The highest BCUT2D eigenvalue weighted by atomic mass is 19.4. The first-order chi connectivity index (χ1) is 13.2. The van der Waals surface area contributed by atoms with Gasteiger partial charge in [0.1, 0.15) is 11.4 Å². The number of piperidine rings is 3. The highest BCUT2D eigenvalue weighted by Crippen LogP contribution is 2.30. The summed E-state index contributed by atoms with van der Waals surface area (Å²) in [5.41, 5.74) is -0.934. The van der Waals surface area contributed by atoms with Crippen molar-refractivity contribution in [2.75, 3.05) is 19.6 Å². The smallest absolute Gasteiger partial charge is 0.366 e. The van der Waals surface area contributed by atoms with Gasteiger partial charge in [-0.05, 0) is 63.4 Å². The molecule has 4 rings (SSSR count). The molecule has 3 aliphatic rings. The molecular weight excluding hydrogens is 369 g/mol. The summed E-state index contributed by atoms with van der Waals surface area (Å²) >= 11 is 0. The van der Waals surface area contributed by atoms with E-state index in [2.05, 4.69) is 15.2 Å². The number of aliphatic imine (C=N–C) groups is 1. The zero-order valence-electron chi connectivity index (χ0n) is 16.1. The highest BCUT2D eigenvalue weighted by Gasteiger charge is 2.37. The molecule has 1 unspecified atom stereocenters. The Morgan fingerprint density at radius 3 is 2.39 bits per heavy atom. The van der Waals surface area contributed by atoms with E-state index in [1.54, 1.807) is 0 Å². The molecule has 3 heterocycles. The van der Waals surface area contributed by atoms with E-state index in [9.17, 15) is 13.2 Å². The molecule has 0 radical (unpaired) electrons. The topological polar surface area (TPSA) is 60.6 Å². The van der Waals surface area contributed by atoms with Crippen molar-refractivity contribution in [3.05, 3.63) is 35.4 Å². The molecule has 8 heteroatoms. The van der Waals surface area contributed by atoms with Crippen LogP contribution in [0, 0.1) is 17.4 Å². The number of benzene rings is 1. The van der Waals surface area contributed by atoms with E-state index in [0.29, 0.717) is 17.3 Å². The first-order valence-corrected chi connectivity index (χ1v) is 9.45. The van der Waals surface area contributed by atoms with Gasteiger partial charge in [0, 0.05) is 12.6 Å². The van der Waals surface area contributed by atoms with Gasteiger partial charge in [0.15, 0.2) is 0 Å². The second-order valence-electron chi connectivity index (χ2n) is 7.94. The van der Waals surface area contributed by atoms with E-state index >= 15 is 0 Å². The Bertz CT molecular complexity index is 744. The summed E-state index contributed by atoms with van der Waals surface area (Å²) in [6, 6.07) is 5.12. The Kier molecular flexibility index (Phi) is 5.96. The lowest BCUT2D eigenvalue weighted by atomic mass is 9.83. The van der Waals surface area contributed by atoms with Gasteiger partial charge < -0.3 is 15.0 Å². The maximum absolute atomic E-state index is 12.7. The van der Waals surface area contributed by atoms with Crippen molar-refractivity contribution < 1.29 is 17.9 Å². The molecular formula is C20H25F3N4O. The van der Waals surface area contributed by atoms with Crippen LogP contribution >= 0.6 is 0 Å². The number of nitrogens with one attached hydrogen (secondary N) is 1. The SMILES string of the molecule is CC(C)(OCc1ccc(C(F)(F)F)cc1)C(=NC#N)NC1CN2CCC1CC2. The molecule has 0 aliphatic carbocycles. The molecule has 0 aromatic heterocycles. The van der Waals surface area contributed by atoms with Crippen molar-refractivity contribution in [3.8, 4) is 6.19 Å². The van der Waals surface area contributed by atoms with Crippen molar-refractivity contribution in [3.63, 3.8) is 0 Å². The summed E-state index contributed by atoms with van der Waals surface area (Å²) < 4.78 is 44.0. The molecule has 2 bridgehead atoms. The van der Waals surface area contributed by atoms with Gasteiger partial charge in [-0.3, -0.25) is 0 Å². The zero-order valence-corrected chi connectivity index (χ0v) is 16.1. The van der Waals surface area contributed by atoms with Crippen LogP contribution in [-0.4, -0.2) is 42.0 Å². The molecule has 1 N–H and O–H groups in total. The summed E-state index contributed by atoms with van der Waals surface area (Å²) in [7, 11) is 0. The number of hydrogen-bond acceptors (Lipinski definition) is 4. The Labute approximate surface area is 163 Å². The number of rotatable bonds is 5. The molecule has 3 saturated heterocycles. The second-order valence-corrected chi connectivity index (χ2v) is 7.94. The first kappa shape index (κ1) is 20.6. The lowest BCUT2D eigenvalue weighted by Crippen LogP contribution is -2.60. The van der Waals surface area contributed by atoms with Crippen LogP contribution in [0.5, 0.6) is 0 Å². The molecule has 1 aromatic carbocycles. The molecule has 28 heavy (non-hydrogen) atoms. The van der Waals surface area contributed by atoms with Crippen molar-refractivity contribution in [1.82, 2.24) is 10.2 Å². The third-order valence-electron chi connectivity index (χ3n) is 5.59. The quantitative estimate of drug-likeness (QED) is 0.471. The fourth-order valence-electron chi connectivity index (χ4n) is 3.82. The van der Waals surface area contributed by atoms with E-state index in [1.165, 1.54) is 12.1 Å². The number of amidine groups is 1. The first-order valence-electron chi connectivity index (χ1n) is 9.45. The van der Waals surface area contributed by atoms with E-state index in [1.807, 2.05) is 20.0 Å². The molecule has 152 valence electrons. The fourth-order valence-corrected chi connectivity index (χ4v) is 3.82. The third-order valence-corrected chi connectivity index (χ3v) is 5.59. The fraction of sp³-hybridized carbons (Fsp3) is 0.600. The van der Waals surface area contributed by atoms with Gasteiger partial charge in [-0.25, -0.2) is 0 Å². The average molecular weight is 394 g/mol. The third kappa shape index (κ3) is 4.83. The molecule has 3 aliphatic heterocycles. The Morgan fingerprint density at radius 2 is 1.89 bits per heavy atom. The van der Waals surface area contributed by atoms with Gasteiger partial charge in [-0.15, -0.1) is 0 Å². The number of nitriles is 1. The van der Waals surface area contributed by atoms with Crippen LogP contribution in [0.2, 0.25) is 0 Å². The summed E-state index contributed by atoms with van der Waals surface area (Å²) in [5, 5.41) is 12.5. The van der Waals surface area contributed by atoms with Gasteiger partial charge >= 0.3 is 6.18 Å². The van der Waals surface area contributed by atoms with Crippen LogP contribution in [0.25, 0.3) is 0 Å². The largest absolute Gasteiger partial charge is 0.416 e. The van der Waals surface area contributed by atoms with E-state index in [4.69, 9.17) is 10.00 Å². The van der Waals surface area contributed by atoms with Crippen LogP contribution in [-0.2, 0) is 17.5 Å². The van der Waals surface area contributed by atoms with E-state index in [0.717, 1.165) is 44.6 Å². The molecule has 5 nitrogen and oxygen atoms in total. The maximum atomic E-state index is 12.7.